The average molecular weight is 259 g/mol. The SMILES string of the molecule is CC1c2ccc(Cl)nc2CN1Cc1ccccc1. The number of hydrogen-bond acceptors (Lipinski definition) is 2. The normalized spacial score (nSPS) is 18.9. The fraction of sp³-hybridized carbons (Fsp3) is 0.267. The van der Waals surface area contributed by atoms with E-state index in [-0.39, 0.29) is 0 Å². The summed E-state index contributed by atoms with van der Waals surface area (Å²) in [4.78, 5) is 6.84. The first-order valence-corrected chi connectivity index (χ1v) is 6.55. The van der Waals surface area contributed by atoms with Crippen molar-refractivity contribution in [3.8, 4) is 0 Å². The molecule has 2 aromatic rings. The molecule has 0 bridgehead atoms. The van der Waals surface area contributed by atoms with Gasteiger partial charge in [0.15, 0.2) is 0 Å². The summed E-state index contributed by atoms with van der Waals surface area (Å²) in [5.41, 5.74) is 3.75. The van der Waals surface area contributed by atoms with Crippen molar-refractivity contribution >= 4 is 11.6 Å². The van der Waals surface area contributed by atoms with Crippen LogP contribution in [-0.2, 0) is 13.1 Å². The number of halogens is 1. The van der Waals surface area contributed by atoms with Crippen molar-refractivity contribution in [2.24, 2.45) is 0 Å². The molecule has 1 aromatic carbocycles. The van der Waals surface area contributed by atoms with Crippen molar-refractivity contribution in [3.05, 3.63) is 64.4 Å². The average Bonchev–Trinajstić information content (AvgIpc) is 2.67. The topological polar surface area (TPSA) is 16.1 Å². The lowest BCUT2D eigenvalue weighted by Crippen LogP contribution is -2.19. The Morgan fingerprint density at radius 2 is 2.00 bits per heavy atom. The van der Waals surface area contributed by atoms with Crippen molar-refractivity contribution in [2.75, 3.05) is 0 Å². The van der Waals surface area contributed by atoms with Gasteiger partial charge in [-0.15, -0.1) is 0 Å². The van der Waals surface area contributed by atoms with Gasteiger partial charge in [0.05, 0.1) is 5.69 Å². The lowest BCUT2D eigenvalue weighted by molar-refractivity contribution is 0.219. The standard InChI is InChI=1S/C15H15ClN2/c1-11-13-7-8-15(16)17-14(13)10-18(11)9-12-5-3-2-4-6-12/h2-8,11H,9-10H2,1H3. The molecule has 0 fully saturated rings. The summed E-state index contributed by atoms with van der Waals surface area (Å²) < 4.78 is 0. The van der Waals surface area contributed by atoms with E-state index in [4.69, 9.17) is 11.6 Å². The molecule has 0 saturated carbocycles. The summed E-state index contributed by atoms with van der Waals surface area (Å²) in [7, 11) is 0. The van der Waals surface area contributed by atoms with Gasteiger partial charge in [0.25, 0.3) is 0 Å². The van der Waals surface area contributed by atoms with Gasteiger partial charge in [-0.05, 0) is 24.1 Å². The van der Waals surface area contributed by atoms with Crippen molar-refractivity contribution in [1.29, 1.82) is 0 Å². The Kier molecular flexibility index (Phi) is 3.06. The fourth-order valence-corrected chi connectivity index (χ4v) is 2.69. The second kappa shape index (κ2) is 4.71. The Balaban J connectivity index is 1.82. The third kappa shape index (κ3) is 2.14. The van der Waals surface area contributed by atoms with Crippen molar-refractivity contribution in [3.63, 3.8) is 0 Å². The molecule has 1 aliphatic heterocycles. The van der Waals surface area contributed by atoms with Gasteiger partial charge in [0, 0.05) is 19.1 Å². The van der Waals surface area contributed by atoms with Crippen molar-refractivity contribution in [1.82, 2.24) is 9.88 Å². The molecular formula is C15H15ClN2. The van der Waals surface area contributed by atoms with E-state index in [1.54, 1.807) is 0 Å². The zero-order valence-corrected chi connectivity index (χ0v) is 11.1. The van der Waals surface area contributed by atoms with Crippen LogP contribution in [0, 0.1) is 0 Å². The Labute approximate surface area is 112 Å². The van der Waals surface area contributed by atoms with Gasteiger partial charge in [0.1, 0.15) is 5.15 Å². The molecule has 2 nitrogen and oxygen atoms in total. The van der Waals surface area contributed by atoms with E-state index in [1.165, 1.54) is 11.1 Å². The van der Waals surface area contributed by atoms with E-state index >= 15 is 0 Å². The molecular weight excluding hydrogens is 244 g/mol. The molecule has 0 radical (unpaired) electrons. The highest BCUT2D eigenvalue weighted by Crippen LogP contribution is 2.33. The quantitative estimate of drug-likeness (QED) is 0.762. The van der Waals surface area contributed by atoms with E-state index in [2.05, 4.69) is 47.1 Å². The number of rotatable bonds is 2. The van der Waals surface area contributed by atoms with Crippen molar-refractivity contribution < 1.29 is 0 Å². The molecule has 0 spiro atoms. The summed E-state index contributed by atoms with van der Waals surface area (Å²) in [5.74, 6) is 0. The zero-order chi connectivity index (χ0) is 12.5. The molecule has 18 heavy (non-hydrogen) atoms. The fourth-order valence-electron chi connectivity index (χ4n) is 2.53. The lowest BCUT2D eigenvalue weighted by Gasteiger charge is -2.21. The molecule has 0 N–H and O–H groups in total. The van der Waals surface area contributed by atoms with E-state index in [1.807, 2.05) is 12.1 Å². The van der Waals surface area contributed by atoms with Gasteiger partial charge in [0.2, 0.25) is 0 Å². The predicted molar refractivity (Wildman–Crippen MR) is 73.4 cm³/mol. The molecule has 0 saturated heterocycles. The Bertz CT molecular complexity index is 554. The first kappa shape index (κ1) is 11.7. The van der Waals surface area contributed by atoms with Crippen LogP contribution in [-0.4, -0.2) is 9.88 Å². The van der Waals surface area contributed by atoms with Gasteiger partial charge < -0.3 is 0 Å². The number of pyridine rings is 1. The molecule has 1 aliphatic rings. The largest absolute Gasteiger partial charge is 0.286 e. The van der Waals surface area contributed by atoms with Crippen LogP contribution in [0.25, 0.3) is 0 Å². The van der Waals surface area contributed by atoms with Crippen LogP contribution in [0.2, 0.25) is 5.15 Å². The third-order valence-corrected chi connectivity index (χ3v) is 3.77. The number of benzene rings is 1. The first-order chi connectivity index (χ1) is 8.74. The van der Waals surface area contributed by atoms with Gasteiger partial charge in [-0.1, -0.05) is 48.0 Å². The van der Waals surface area contributed by atoms with Crippen LogP contribution < -0.4 is 0 Å². The maximum Gasteiger partial charge on any atom is 0.129 e. The van der Waals surface area contributed by atoms with E-state index in [0.29, 0.717) is 11.2 Å². The molecule has 0 amide bonds. The smallest absolute Gasteiger partial charge is 0.129 e. The molecule has 1 aromatic heterocycles. The molecule has 92 valence electrons. The van der Waals surface area contributed by atoms with Gasteiger partial charge >= 0.3 is 0 Å². The van der Waals surface area contributed by atoms with Crippen LogP contribution in [0.1, 0.15) is 29.8 Å². The maximum absolute atomic E-state index is 5.95. The summed E-state index contributed by atoms with van der Waals surface area (Å²) in [5, 5.41) is 0.586. The summed E-state index contributed by atoms with van der Waals surface area (Å²) in [6, 6.07) is 14.9. The summed E-state index contributed by atoms with van der Waals surface area (Å²) >= 11 is 5.95. The summed E-state index contributed by atoms with van der Waals surface area (Å²) in [6.07, 6.45) is 0. The second-order valence-electron chi connectivity index (χ2n) is 4.74. The first-order valence-electron chi connectivity index (χ1n) is 6.17. The van der Waals surface area contributed by atoms with Crippen LogP contribution in [0.15, 0.2) is 42.5 Å². The highest BCUT2D eigenvalue weighted by Gasteiger charge is 2.27. The second-order valence-corrected chi connectivity index (χ2v) is 5.12. The Morgan fingerprint density at radius 3 is 2.78 bits per heavy atom. The predicted octanol–water partition coefficient (Wildman–Crippen LogP) is 3.81. The Hall–Kier alpha value is -1.38. The highest BCUT2D eigenvalue weighted by molar-refractivity contribution is 6.29. The summed E-state index contributed by atoms with van der Waals surface area (Å²) in [6.45, 7) is 4.06. The number of aromatic nitrogens is 1. The highest BCUT2D eigenvalue weighted by atomic mass is 35.5. The minimum Gasteiger partial charge on any atom is -0.286 e. The minimum absolute atomic E-state index is 0.407. The van der Waals surface area contributed by atoms with Crippen LogP contribution in [0.3, 0.4) is 0 Å². The third-order valence-electron chi connectivity index (χ3n) is 3.55. The molecule has 1 unspecified atom stereocenters. The maximum atomic E-state index is 5.95. The molecule has 3 heteroatoms. The van der Waals surface area contributed by atoms with E-state index < -0.39 is 0 Å². The zero-order valence-electron chi connectivity index (χ0n) is 10.3. The minimum atomic E-state index is 0.407. The number of fused-ring (bicyclic) bond motifs is 1. The van der Waals surface area contributed by atoms with Crippen LogP contribution in [0.4, 0.5) is 0 Å². The molecule has 0 aliphatic carbocycles. The number of nitrogens with zero attached hydrogens (tertiary/aromatic N) is 2. The van der Waals surface area contributed by atoms with E-state index in [9.17, 15) is 0 Å². The molecule has 2 heterocycles. The number of hydrogen-bond donors (Lipinski definition) is 0. The van der Waals surface area contributed by atoms with Crippen LogP contribution in [0.5, 0.6) is 0 Å². The van der Waals surface area contributed by atoms with Crippen LogP contribution >= 0.6 is 11.6 Å². The van der Waals surface area contributed by atoms with Gasteiger partial charge in [-0.25, -0.2) is 4.98 Å². The van der Waals surface area contributed by atoms with Gasteiger partial charge in [-0.2, -0.15) is 0 Å². The molecule has 1 atom stereocenters. The lowest BCUT2D eigenvalue weighted by atomic mass is 10.1. The van der Waals surface area contributed by atoms with E-state index in [0.717, 1.165) is 18.8 Å². The van der Waals surface area contributed by atoms with Crippen molar-refractivity contribution in [2.45, 2.75) is 26.1 Å². The Morgan fingerprint density at radius 1 is 1.22 bits per heavy atom. The molecule has 3 rings (SSSR count). The van der Waals surface area contributed by atoms with Gasteiger partial charge in [-0.3, -0.25) is 4.90 Å². The monoisotopic (exact) mass is 258 g/mol.